The van der Waals surface area contributed by atoms with Gasteiger partial charge in [0.1, 0.15) is 10.7 Å². The van der Waals surface area contributed by atoms with Gasteiger partial charge in [-0.1, -0.05) is 13.0 Å². The molecule has 7 heteroatoms. The lowest BCUT2D eigenvalue weighted by molar-refractivity contribution is 0.597. The average molecular weight is 276 g/mol. The van der Waals surface area contributed by atoms with Crippen molar-refractivity contribution >= 4 is 34.0 Å². The molecule has 0 unspecified atom stereocenters. The molecule has 17 heavy (non-hydrogen) atoms. The first-order chi connectivity index (χ1) is 7.56. The van der Waals surface area contributed by atoms with Crippen LogP contribution < -0.4 is 11.1 Å². The van der Waals surface area contributed by atoms with Crippen molar-refractivity contribution in [3.8, 4) is 0 Å². The number of anilines is 1. The predicted molar refractivity (Wildman–Crippen MR) is 70.1 cm³/mol. The first kappa shape index (κ1) is 14.0. The lowest BCUT2D eigenvalue weighted by atomic mass is 10.2. The van der Waals surface area contributed by atoms with Crippen LogP contribution in [0.3, 0.4) is 0 Å². The Morgan fingerprint density at radius 1 is 1.41 bits per heavy atom. The van der Waals surface area contributed by atoms with E-state index in [2.05, 4.69) is 9.71 Å². The fraction of sp³-hybridized carbons (Fsp3) is 0.300. The normalized spacial score (nSPS) is 16.2. The lowest BCUT2D eigenvalue weighted by Crippen LogP contribution is -2.20. The van der Waals surface area contributed by atoms with Gasteiger partial charge >= 0.3 is 0 Å². The van der Waals surface area contributed by atoms with Crippen LogP contribution in [0.5, 0.6) is 0 Å². The molecule has 94 valence electrons. The van der Waals surface area contributed by atoms with Crippen LogP contribution in [0, 0.1) is 0 Å². The summed E-state index contributed by atoms with van der Waals surface area (Å²) in [5.41, 5.74) is 6.82. The minimum Gasteiger partial charge on any atom is -0.342 e. The second-order valence-electron chi connectivity index (χ2n) is 3.53. The molecule has 1 aliphatic heterocycles. The third-order valence-electron chi connectivity index (χ3n) is 2.40. The van der Waals surface area contributed by atoms with Gasteiger partial charge in [-0.2, -0.15) is 8.42 Å². The maximum Gasteiger partial charge on any atom is 0.286 e. The average Bonchev–Trinajstić information content (AvgIpc) is 2.27. The van der Waals surface area contributed by atoms with Gasteiger partial charge in [-0.15, -0.1) is 16.8 Å². The number of fused-ring (bicyclic) bond motifs is 1. The Labute approximate surface area is 107 Å². The molecule has 0 aliphatic carbocycles. The van der Waals surface area contributed by atoms with Gasteiger partial charge in [-0.05, 0) is 17.7 Å². The Bertz CT molecular complexity index is 555. The van der Waals surface area contributed by atoms with Crippen molar-refractivity contribution in [3.63, 3.8) is 0 Å². The molecular formula is C10H14ClN3O2S. The number of benzene rings is 1. The number of amidine groups is 1. The van der Waals surface area contributed by atoms with Crippen molar-refractivity contribution in [2.45, 2.75) is 24.8 Å². The summed E-state index contributed by atoms with van der Waals surface area (Å²) in [6, 6.07) is 5.09. The number of rotatable bonds is 2. The smallest absolute Gasteiger partial charge is 0.286 e. The third-order valence-corrected chi connectivity index (χ3v) is 3.76. The number of nitrogens with two attached hydrogens (primary N) is 1. The quantitative estimate of drug-likeness (QED) is 0.856. The topological polar surface area (TPSA) is 84.5 Å². The van der Waals surface area contributed by atoms with E-state index in [1.165, 1.54) is 0 Å². The van der Waals surface area contributed by atoms with Crippen LogP contribution in [0.25, 0.3) is 0 Å². The van der Waals surface area contributed by atoms with E-state index in [1.807, 2.05) is 6.92 Å². The molecule has 0 bridgehead atoms. The number of nitrogens with one attached hydrogen (secondary N) is 1. The van der Waals surface area contributed by atoms with E-state index in [1.54, 1.807) is 18.2 Å². The van der Waals surface area contributed by atoms with Gasteiger partial charge in [0.05, 0.1) is 5.69 Å². The van der Waals surface area contributed by atoms with Crippen LogP contribution >= 0.6 is 12.4 Å². The summed E-state index contributed by atoms with van der Waals surface area (Å²) in [5.74, 6) is 0.466. The summed E-state index contributed by atoms with van der Waals surface area (Å²) in [5, 5.41) is 2.98. The molecule has 1 aliphatic rings. The molecule has 0 spiro atoms. The van der Waals surface area contributed by atoms with E-state index in [4.69, 9.17) is 5.73 Å². The molecule has 0 saturated carbocycles. The highest BCUT2D eigenvalue weighted by Crippen LogP contribution is 2.28. The van der Waals surface area contributed by atoms with Crippen LogP contribution in [0.2, 0.25) is 0 Å². The number of halogens is 1. The highest BCUT2D eigenvalue weighted by Gasteiger charge is 2.24. The van der Waals surface area contributed by atoms with Crippen molar-refractivity contribution in [2.75, 3.05) is 5.32 Å². The molecule has 0 saturated heterocycles. The Morgan fingerprint density at radius 3 is 2.71 bits per heavy atom. The SMILES string of the molecule is CCC1=NS(=O)(=O)c2cc(CN)ccc2N1.Cl. The van der Waals surface area contributed by atoms with E-state index in [0.29, 0.717) is 24.5 Å². The minimum atomic E-state index is -3.57. The lowest BCUT2D eigenvalue weighted by Gasteiger charge is -2.17. The van der Waals surface area contributed by atoms with Crippen LogP contribution in [0.4, 0.5) is 5.69 Å². The molecule has 1 aromatic carbocycles. The number of sulfonamides is 1. The second kappa shape index (κ2) is 5.03. The summed E-state index contributed by atoms with van der Waals surface area (Å²) in [6.07, 6.45) is 0.553. The minimum absolute atomic E-state index is 0. The van der Waals surface area contributed by atoms with Crippen LogP contribution in [0.15, 0.2) is 27.5 Å². The fourth-order valence-corrected chi connectivity index (χ4v) is 2.80. The summed E-state index contributed by atoms with van der Waals surface area (Å²) in [7, 11) is -3.57. The highest BCUT2D eigenvalue weighted by molar-refractivity contribution is 7.90. The van der Waals surface area contributed by atoms with Gasteiger partial charge < -0.3 is 11.1 Å². The highest BCUT2D eigenvalue weighted by atomic mass is 35.5. The zero-order chi connectivity index (χ0) is 11.8. The van der Waals surface area contributed by atoms with Crippen LogP contribution in [-0.2, 0) is 16.6 Å². The van der Waals surface area contributed by atoms with Crippen molar-refractivity contribution in [3.05, 3.63) is 23.8 Å². The molecule has 1 aromatic rings. The molecule has 3 N–H and O–H groups in total. The molecule has 0 amide bonds. The molecule has 0 radical (unpaired) electrons. The maximum atomic E-state index is 11.8. The van der Waals surface area contributed by atoms with E-state index >= 15 is 0 Å². The third kappa shape index (κ3) is 2.59. The predicted octanol–water partition coefficient (Wildman–Crippen LogP) is 1.49. The van der Waals surface area contributed by atoms with Gasteiger partial charge in [-0.3, -0.25) is 0 Å². The molecule has 0 aromatic heterocycles. The van der Waals surface area contributed by atoms with Crippen LogP contribution in [-0.4, -0.2) is 14.3 Å². The molecular weight excluding hydrogens is 262 g/mol. The Balaban J connectivity index is 0.00000144. The largest absolute Gasteiger partial charge is 0.342 e. The van der Waals surface area contributed by atoms with E-state index < -0.39 is 10.0 Å². The van der Waals surface area contributed by atoms with Crippen LogP contribution in [0.1, 0.15) is 18.9 Å². The maximum absolute atomic E-state index is 11.8. The molecule has 0 atom stereocenters. The number of nitrogens with zero attached hydrogens (tertiary/aromatic N) is 1. The second-order valence-corrected chi connectivity index (χ2v) is 5.10. The summed E-state index contributed by atoms with van der Waals surface area (Å²) >= 11 is 0. The van der Waals surface area contributed by atoms with E-state index in [9.17, 15) is 8.42 Å². The van der Waals surface area contributed by atoms with Crippen molar-refractivity contribution in [1.82, 2.24) is 0 Å². The first-order valence-electron chi connectivity index (χ1n) is 5.00. The number of hydrogen-bond donors (Lipinski definition) is 2. The van der Waals surface area contributed by atoms with Gasteiger partial charge in [0.15, 0.2) is 0 Å². The fourth-order valence-electron chi connectivity index (χ4n) is 1.54. The van der Waals surface area contributed by atoms with Gasteiger partial charge in [0.2, 0.25) is 0 Å². The first-order valence-corrected chi connectivity index (χ1v) is 6.44. The van der Waals surface area contributed by atoms with Gasteiger partial charge in [0.25, 0.3) is 10.0 Å². The van der Waals surface area contributed by atoms with Crippen molar-refractivity contribution in [1.29, 1.82) is 0 Å². The Hall–Kier alpha value is -1.11. The number of hydrogen-bond acceptors (Lipinski definition) is 4. The van der Waals surface area contributed by atoms with Crippen molar-refractivity contribution in [2.24, 2.45) is 10.1 Å². The zero-order valence-electron chi connectivity index (χ0n) is 9.30. The Morgan fingerprint density at radius 2 is 2.12 bits per heavy atom. The summed E-state index contributed by atoms with van der Waals surface area (Å²) < 4.78 is 27.4. The Kier molecular flexibility index (Phi) is 4.13. The molecule has 0 fully saturated rings. The molecule has 2 rings (SSSR count). The zero-order valence-corrected chi connectivity index (χ0v) is 10.9. The standard InChI is InChI=1S/C10H13N3O2S.ClH/c1-2-10-12-8-4-3-7(6-11)5-9(8)16(14,15)13-10;/h3-5H,2,6,11H2,1H3,(H,12,13);1H. The van der Waals surface area contributed by atoms with E-state index in [-0.39, 0.29) is 17.3 Å². The monoisotopic (exact) mass is 275 g/mol. The summed E-state index contributed by atoms with van der Waals surface area (Å²) in [6.45, 7) is 2.16. The molecule has 1 heterocycles. The van der Waals surface area contributed by atoms with Gasteiger partial charge in [-0.25, -0.2) is 0 Å². The van der Waals surface area contributed by atoms with E-state index in [0.717, 1.165) is 5.56 Å². The van der Waals surface area contributed by atoms with Crippen molar-refractivity contribution < 1.29 is 8.42 Å². The molecule has 5 nitrogen and oxygen atoms in total. The van der Waals surface area contributed by atoms with Gasteiger partial charge in [0, 0.05) is 13.0 Å². The summed E-state index contributed by atoms with van der Waals surface area (Å²) in [4.78, 5) is 0.202.